The van der Waals surface area contributed by atoms with Crippen LogP contribution in [0.5, 0.6) is 0 Å². The van der Waals surface area contributed by atoms with Gasteiger partial charge in [0, 0.05) is 25.8 Å². The minimum Gasteiger partial charge on any atom is -0.396 e. The third kappa shape index (κ3) is 5.78. The van der Waals surface area contributed by atoms with E-state index in [0.29, 0.717) is 37.2 Å². The standard InChI is InChI=1S/C24H29Cl2N5O3S/c25-20-12-19(13-21(26)23(20)28)35(33,34)29-22(8-11-30-9-3-6-18(30)14-27)24(32)31-10-7-16-4-1-2-5-17(16)15-31/h3,6,9,12-13,16-17,22,29H,1-2,4-5,7-8,10-11,15,28H2/t16-,17+,22?/m0/s1. The van der Waals surface area contributed by atoms with Crippen molar-refractivity contribution >= 4 is 44.8 Å². The molecule has 1 aliphatic heterocycles. The van der Waals surface area contributed by atoms with Crippen LogP contribution in [0, 0.1) is 23.2 Å². The van der Waals surface area contributed by atoms with Crippen LogP contribution in [0.3, 0.4) is 0 Å². The average Bonchev–Trinajstić information content (AvgIpc) is 3.31. The van der Waals surface area contributed by atoms with Crippen molar-refractivity contribution in [3.8, 4) is 6.07 Å². The number of sulfonamides is 1. The van der Waals surface area contributed by atoms with Gasteiger partial charge >= 0.3 is 0 Å². The van der Waals surface area contributed by atoms with E-state index in [1.165, 1.54) is 31.4 Å². The zero-order valence-electron chi connectivity index (χ0n) is 19.3. The number of hydrogen-bond acceptors (Lipinski definition) is 5. The van der Waals surface area contributed by atoms with Crippen LogP contribution in [0.4, 0.5) is 5.69 Å². The molecule has 2 aliphatic rings. The number of hydrogen-bond donors (Lipinski definition) is 2. The molecule has 11 heteroatoms. The lowest BCUT2D eigenvalue weighted by atomic mass is 9.75. The number of nitrogens with two attached hydrogens (primary N) is 1. The molecule has 1 unspecified atom stereocenters. The summed E-state index contributed by atoms with van der Waals surface area (Å²) in [6.07, 6.45) is 7.57. The maximum atomic E-state index is 13.6. The first kappa shape index (κ1) is 25.8. The van der Waals surface area contributed by atoms with E-state index in [0.717, 1.165) is 12.8 Å². The highest BCUT2D eigenvalue weighted by molar-refractivity contribution is 7.89. The zero-order chi connectivity index (χ0) is 25.2. The number of nitriles is 1. The summed E-state index contributed by atoms with van der Waals surface area (Å²) in [4.78, 5) is 15.3. The van der Waals surface area contributed by atoms with Crippen LogP contribution in [0.25, 0.3) is 0 Å². The van der Waals surface area contributed by atoms with E-state index in [1.807, 2.05) is 0 Å². The summed E-state index contributed by atoms with van der Waals surface area (Å²) < 4.78 is 30.8. The van der Waals surface area contributed by atoms with E-state index in [1.54, 1.807) is 27.8 Å². The lowest BCUT2D eigenvalue weighted by Gasteiger charge is -2.42. The Kier molecular flexibility index (Phi) is 7.96. The van der Waals surface area contributed by atoms with Gasteiger partial charge in [0.05, 0.1) is 20.6 Å². The number of amides is 1. The first-order valence-corrected chi connectivity index (χ1v) is 14.0. The Morgan fingerprint density at radius 2 is 1.89 bits per heavy atom. The number of halogens is 2. The van der Waals surface area contributed by atoms with E-state index in [2.05, 4.69) is 10.8 Å². The van der Waals surface area contributed by atoms with Gasteiger partial charge in [-0.05, 0) is 55.4 Å². The number of likely N-dealkylation sites (tertiary alicyclic amines) is 1. The molecule has 0 radical (unpaired) electrons. The number of anilines is 1. The molecule has 2 heterocycles. The Balaban J connectivity index is 1.57. The Morgan fingerprint density at radius 3 is 2.57 bits per heavy atom. The maximum absolute atomic E-state index is 13.6. The summed E-state index contributed by atoms with van der Waals surface area (Å²) in [5, 5.41) is 9.35. The van der Waals surface area contributed by atoms with Gasteiger partial charge in [0.1, 0.15) is 17.8 Å². The van der Waals surface area contributed by atoms with Crippen LogP contribution in [0.15, 0.2) is 35.4 Å². The topological polar surface area (TPSA) is 121 Å². The number of rotatable bonds is 7. The summed E-state index contributed by atoms with van der Waals surface area (Å²) in [6.45, 7) is 1.57. The second kappa shape index (κ2) is 10.8. The average molecular weight is 539 g/mol. The predicted molar refractivity (Wildman–Crippen MR) is 135 cm³/mol. The molecule has 0 spiro atoms. The van der Waals surface area contributed by atoms with Crippen molar-refractivity contribution in [1.82, 2.24) is 14.2 Å². The quantitative estimate of drug-likeness (QED) is 0.516. The molecule has 35 heavy (non-hydrogen) atoms. The van der Waals surface area contributed by atoms with Gasteiger partial charge < -0.3 is 15.2 Å². The normalized spacial score (nSPS) is 21.2. The van der Waals surface area contributed by atoms with Gasteiger partial charge in [-0.2, -0.15) is 9.98 Å². The number of nitrogens with one attached hydrogen (secondary N) is 1. The Morgan fingerprint density at radius 1 is 1.20 bits per heavy atom. The lowest BCUT2D eigenvalue weighted by molar-refractivity contribution is -0.136. The molecule has 8 nitrogen and oxygen atoms in total. The number of benzene rings is 1. The van der Waals surface area contributed by atoms with E-state index in [4.69, 9.17) is 28.9 Å². The van der Waals surface area contributed by atoms with Gasteiger partial charge in [-0.1, -0.05) is 42.5 Å². The molecule has 2 aromatic rings. The zero-order valence-corrected chi connectivity index (χ0v) is 21.6. The molecule has 1 aromatic carbocycles. The molecule has 3 atom stereocenters. The molecular formula is C24H29Cl2N5O3S. The molecule has 1 aliphatic carbocycles. The summed E-state index contributed by atoms with van der Waals surface area (Å²) in [5.74, 6) is 0.846. The highest BCUT2D eigenvalue weighted by Crippen LogP contribution is 2.36. The lowest BCUT2D eigenvalue weighted by Crippen LogP contribution is -2.53. The molecule has 1 aromatic heterocycles. The summed E-state index contributed by atoms with van der Waals surface area (Å²) >= 11 is 12.1. The van der Waals surface area contributed by atoms with Crippen LogP contribution in [0.1, 0.15) is 44.2 Å². The second-order valence-corrected chi connectivity index (χ2v) is 11.9. The first-order chi connectivity index (χ1) is 16.7. The first-order valence-electron chi connectivity index (χ1n) is 11.8. The molecule has 1 saturated heterocycles. The van der Waals surface area contributed by atoms with Crippen molar-refractivity contribution in [2.75, 3.05) is 18.8 Å². The molecule has 1 amide bonds. The highest BCUT2D eigenvalue weighted by Gasteiger charge is 2.36. The number of nitrogens with zero attached hydrogens (tertiary/aromatic N) is 3. The van der Waals surface area contributed by atoms with Crippen LogP contribution in [-0.2, 0) is 21.4 Å². The minimum atomic E-state index is -4.13. The summed E-state index contributed by atoms with van der Waals surface area (Å²) in [5.41, 5.74) is 6.29. The van der Waals surface area contributed by atoms with Crippen LogP contribution in [-0.4, -0.2) is 42.9 Å². The molecule has 0 bridgehead atoms. The predicted octanol–water partition coefficient (Wildman–Crippen LogP) is 4.02. The Bertz CT molecular complexity index is 1220. The van der Waals surface area contributed by atoms with Crippen molar-refractivity contribution in [3.63, 3.8) is 0 Å². The summed E-state index contributed by atoms with van der Waals surface area (Å²) in [7, 11) is -4.13. The fourth-order valence-electron chi connectivity index (χ4n) is 5.20. The largest absolute Gasteiger partial charge is 0.396 e. The fraction of sp³-hybridized carbons (Fsp3) is 0.500. The molecular weight excluding hydrogens is 509 g/mol. The number of nitrogen functional groups attached to an aromatic ring is 1. The number of carbonyl (C=O) groups is 1. The monoisotopic (exact) mass is 537 g/mol. The highest BCUT2D eigenvalue weighted by atomic mass is 35.5. The number of aromatic nitrogens is 1. The number of aryl methyl sites for hydroxylation is 1. The molecule has 2 fully saturated rings. The summed E-state index contributed by atoms with van der Waals surface area (Å²) in [6, 6.07) is 6.95. The second-order valence-electron chi connectivity index (χ2n) is 9.34. The van der Waals surface area contributed by atoms with Crippen LogP contribution >= 0.6 is 23.2 Å². The molecule has 188 valence electrons. The van der Waals surface area contributed by atoms with Crippen molar-refractivity contribution in [1.29, 1.82) is 5.26 Å². The Labute approximate surface area is 216 Å². The minimum absolute atomic E-state index is 0.0196. The van der Waals surface area contributed by atoms with Gasteiger partial charge in [-0.3, -0.25) is 4.79 Å². The van der Waals surface area contributed by atoms with E-state index < -0.39 is 16.1 Å². The van der Waals surface area contributed by atoms with Crippen LogP contribution in [0.2, 0.25) is 10.0 Å². The fourth-order valence-corrected chi connectivity index (χ4v) is 7.10. The van der Waals surface area contributed by atoms with E-state index >= 15 is 0 Å². The van der Waals surface area contributed by atoms with E-state index in [-0.39, 0.29) is 33.0 Å². The van der Waals surface area contributed by atoms with E-state index in [9.17, 15) is 18.5 Å². The van der Waals surface area contributed by atoms with Crippen molar-refractivity contribution in [2.24, 2.45) is 11.8 Å². The third-order valence-corrected chi connectivity index (χ3v) is 9.24. The SMILES string of the molecule is N#Cc1cccn1CCC(NS(=O)(=O)c1cc(Cl)c(N)c(Cl)c1)C(=O)N1CC[C@@H]2CCCC[C@@H]2C1. The van der Waals surface area contributed by atoms with Crippen molar-refractivity contribution in [3.05, 3.63) is 46.2 Å². The third-order valence-electron chi connectivity index (χ3n) is 7.16. The number of fused-ring (bicyclic) bond motifs is 1. The van der Waals surface area contributed by atoms with Gasteiger partial charge in [0.2, 0.25) is 15.9 Å². The van der Waals surface area contributed by atoms with Gasteiger partial charge in [0.25, 0.3) is 0 Å². The Hall–Kier alpha value is -2.25. The van der Waals surface area contributed by atoms with Gasteiger partial charge in [0.15, 0.2) is 0 Å². The van der Waals surface area contributed by atoms with Crippen LogP contribution < -0.4 is 10.5 Å². The number of piperidine rings is 1. The van der Waals surface area contributed by atoms with Crippen molar-refractivity contribution < 1.29 is 13.2 Å². The smallest absolute Gasteiger partial charge is 0.241 e. The molecule has 3 N–H and O–H groups in total. The van der Waals surface area contributed by atoms with Gasteiger partial charge in [-0.25, -0.2) is 8.42 Å². The molecule has 1 saturated carbocycles. The number of carbonyl (C=O) groups excluding carboxylic acids is 1. The maximum Gasteiger partial charge on any atom is 0.241 e. The molecule has 4 rings (SSSR count). The van der Waals surface area contributed by atoms with Crippen molar-refractivity contribution in [2.45, 2.75) is 56.0 Å². The van der Waals surface area contributed by atoms with Gasteiger partial charge in [-0.15, -0.1) is 0 Å².